The van der Waals surface area contributed by atoms with Crippen molar-refractivity contribution in [3.8, 4) is 0 Å². The minimum absolute atomic E-state index is 0.865. The van der Waals surface area contributed by atoms with Crippen molar-refractivity contribution in [1.82, 2.24) is 0 Å². The van der Waals surface area contributed by atoms with Gasteiger partial charge in [0.1, 0.15) is 0 Å². The van der Waals surface area contributed by atoms with E-state index in [1.807, 2.05) is 13.8 Å². The molecule has 0 heterocycles. The van der Waals surface area contributed by atoms with Crippen molar-refractivity contribution in [2.24, 2.45) is 17.8 Å². The molecule has 0 saturated heterocycles. The fraction of sp³-hybridized carbons (Fsp3) is 1.00. The summed E-state index contributed by atoms with van der Waals surface area (Å²) in [5, 5.41) is 0. The molecule has 2 unspecified atom stereocenters. The van der Waals surface area contributed by atoms with Crippen molar-refractivity contribution in [2.45, 2.75) is 74.1 Å². The Morgan fingerprint density at radius 3 is 1.71 bits per heavy atom. The van der Waals surface area contributed by atoms with E-state index in [1.54, 1.807) is 0 Å². The zero-order valence-corrected chi connectivity index (χ0v) is 11.6. The van der Waals surface area contributed by atoms with Crippen LogP contribution in [0, 0.1) is 17.8 Å². The molecule has 0 aliphatic rings. The molecular weight excluding hydrogens is 168 g/mol. The Bertz CT molecular complexity index is 94.2. The van der Waals surface area contributed by atoms with Crippen molar-refractivity contribution in [2.75, 3.05) is 0 Å². The van der Waals surface area contributed by atoms with E-state index in [-0.39, 0.29) is 0 Å². The summed E-state index contributed by atoms with van der Waals surface area (Å²) in [6, 6.07) is 0. The summed E-state index contributed by atoms with van der Waals surface area (Å²) in [6.07, 6.45) is 5.57. The van der Waals surface area contributed by atoms with Crippen molar-refractivity contribution in [3.63, 3.8) is 0 Å². The fourth-order valence-corrected chi connectivity index (χ4v) is 1.79. The predicted molar refractivity (Wildman–Crippen MR) is 68.7 cm³/mol. The summed E-state index contributed by atoms with van der Waals surface area (Å²) < 4.78 is 0. The molecule has 14 heavy (non-hydrogen) atoms. The maximum atomic E-state index is 2.41. The molecular formula is C14H32. The van der Waals surface area contributed by atoms with E-state index in [1.165, 1.54) is 25.7 Å². The number of hydrogen-bond donors (Lipinski definition) is 0. The van der Waals surface area contributed by atoms with E-state index in [0.29, 0.717) is 0 Å². The molecule has 0 aliphatic carbocycles. The second-order valence-electron chi connectivity index (χ2n) is 4.73. The number of hydrogen-bond acceptors (Lipinski definition) is 0. The predicted octanol–water partition coefficient (Wildman–Crippen LogP) is 5.52. The lowest BCUT2D eigenvalue weighted by atomic mass is 9.85. The molecule has 0 bridgehead atoms. The standard InChI is InChI=1S/C12H26.C2H6/c1-6-7-8-11(4)12(5)9-10(2)3;1-2/h10-12H,6-9H2,1-5H3;1-2H3. The summed E-state index contributed by atoms with van der Waals surface area (Å²) in [4.78, 5) is 0. The van der Waals surface area contributed by atoms with Gasteiger partial charge in [-0.25, -0.2) is 0 Å². The molecule has 0 aromatic rings. The Morgan fingerprint density at radius 2 is 1.36 bits per heavy atom. The molecule has 0 aromatic heterocycles. The van der Waals surface area contributed by atoms with E-state index in [9.17, 15) is 0 Å². The lowest BCUT2D eigenvalue weighted by molar-refractivity contribution is 0.303. The van der Waals surface area contributed by atoms with Crippen LogP contribution in [-0.4, -0.2) is 0 Å². The molecule has 0 nitrogen and oxygen atoms in total. The minimum atomic E-state index is 0.865. The zero-order valence-electron chi connectivity index (χ0n) is 11.6. The fourth-order valence-electron chi connectivity index (χ4n) is 1.79. The average molecular weight is 200 g/mol. The second-order valence-corrected chi connectivity index (χ2v) is 4.73. The van der Waals surface area contributed by atoms with Gasteiger partial charge in [0.05, 0.1) is 0 Å². The smallest absolute Gasteiger partial charge is 0.0415 e. The molecule has 0 aromatic carbocycles. The first-order chi connectivity index (χ1) is 6.57. The Balaban J connectivity index is 0. The topological polar surface area (TPSA) is 0 Å². The summed E-state index contributed by atoms with van der Waals surface area (Å²) >= 11 is 0. The highest BCUT2D eigenvalue weighted by atomic mass is 14.2. The van der Waals surface area contributed by atoms with Crippen LogP contribution >= 0.6 is 0 Å². The molecule has 0 saturated carbocycles. The Hall–Kier alpha value is 0. The summed E-state index contributed by atoms with van der Waals surface area (Å²) in [6.45, 7) is 15.7. The largest absolute Gasteiger partial charge is 0.0683 e. The van der Waals surface area contributed by atoms with Crippen molar-refractivity contribution in [1.29, 1.82) is 0 Å². The molecule has 88 valence electrons. The molecule has 0 aliphatic heterocycles. The van der Waals surface area contributed by atoms with Crippen molar-refractivity contribution < 1.29 is 0 Å². The van der Waals surface area contributed by atoms with Crippen LogP contribution < -0.4 is 0 Å². The molecule has 0 fully saturated rings. The first-order valence-electron chi connectivity index (χ1n) is 6.57. The van der Waals surface area contributed by atoms with Gasteiger partial charge in [-0.15, -0.1) is 0 Å². The van der Waals surface area contributed by atoms with Crippen LogP contribution in [0.4, 0.5) is 0 Å². The van der Waals surface area contributed by atoms with Gasteiger partial charge >= 0.3 is 0 Å². The Labute approximate surface area is 92.5 Å². The molecule has 0 spiro atoms. The van der Waals surface area contributed by atoms with E-state index in [4.69, 9.17) is 0 Å². The molecule has 2 atom stereocenters. The first kappa shape index (κ1) is 16.4. The van der Waals surface area contributed by atoms with Crippen molar-refractivity contribution >= 4 is 0 Å². The third-order valence-electron chi connectivity index (χ3n) is 2.83. The van der Waals surface area contributed by atoms with Gasteiger partial charge in [0.2, 0.25) is 0 Å². The second kappa shape index (κ2) is 11.1. The highest BCUT2D eigenvalue weighted by Crippen LogP contribution is 2.23. The van der Waals surface area contributed by atoms with Gasteiger partial charge < -0.3 is 0 Å². The third-order valence-corrected chi connectivity index (χ3v) is 2.83. The average Bonchev–Trinajstić information content (AvgIpc) is 2.16. The van der Waals surface area contributed by atoms with E-state index < -0.39 is 0 Å². The van der Waals surface area contributed by atoms with E-state index in [0.717, 1.165) is 17.8 Å². The van der Waals surface area contributed by atoms with Gasteiger partial charge in [-0.05, 0) is 24.2 Å². The van der Waals surface area contributed by atoms with Crippen LogP contribution in [0.1, 0.15) is 74.1 Å². The number of rotatable bonds is 6. The van der Waals surface area contributed by atoms with E-state index in [2.05, 4.69) is 34.6 Å². The van der Waals surface area contributed by atoms with Crippen molar-refractivity contribution in [3.05, 3.63) is 0 Å². The lowest BCUT2D eigenvalue weighted by Gasteiger charge is -2.21. The maximum absolute atomic E-state index is 2.41. The van der Waals surface area contributed by atoms with Gasteiger partial charge in [0, 0.05) is 0 Å². The summed E-state index contributed by atoms with van der Waals surface area (Å²) in [5.41, 5.74) is 0. The summed E-state index contributed by atoms with van der Waals surface area (Å²) in [5.74, 6) is 2.70. The molecule has 0 N–H and O–H groups in total. The highest BCUT2D eigenvalue weighted by molar-refractivity contribution is 4.63. The maximum Gasteiger partial charge on any atom is -0.0415 e. The normalized spacial score (nSPS) is 14.6. The van der Waals surface area contributed by atoms with Gasteiger partial charge in [0.25, 0.3) is 0 Å². The molecule has 0 amide bonds. The highest BCUT2D eigenvalue weighted by Gasteiger charge is 2.12. The first-order valence-corrected chi connectivity index (χ1v) is 6.57. The third kappa shape index (κ3) is 10.1. The van der Waals surface area contributed by atoms with Crippen LogP contribution in [0.2, 0.25) is 0 Å². The molecule has 0 rings (SSSR count). The minimum Gasteiger partial charge on any atom is -0.0683 e. The van der Waals surface area contributed by atoms with Gasteiger partial charge in [-0.1, -0.05) is 67.7 Å². The van der Waals surface area contributed by atoms with Gasteiger partial charge in [0.15, 0.2) is 0 Å². The molecule has 0 radical (unpaired) electrons. The number of unbranched alkanes of at least 4 members (excludes halogenated alkanes) is 1. The molecule has 0 heteroatoms. The van der Waals surface area contributed by atoms with Crippen LogP contribution in [0.3, 0.4) is 0 Å². The SMILES string of the molecule is CC.CCCCC(C)C(C)CC(C)C. The zero-order chi connectivity index (χ0) is 11.6. The van der Waals surface area contributed by atoms with Crippen LogP contribution in [0.25, 0.3) is 0 Å². The van der Waals surface area contributed by atoms with Gasteiger partial charge in [-0.2, -0.15) is 0 Å². The Kier molecular flexibility index (Phi) is 13.0. The van der Waals surface area contributed by atoms with Crippen LogP contribution in [0.15, 0.2) is 0 Å². The van der Waals surface area contributed by atoms with Crippen LogP contribution in [-0.2, 0) is 0 Å². The van der Waals surface area contributed by atoms with E-state index >= 15 is 0 Å². The van der Waals surface area contributed by atoms with Crippen LogP contribution in [0.5, 0.6) is 0 Å². The van der Waals surface area contributed by atoms with Gasteiger partial charge in [-0.3, -0.25) is 0 Å². The lowest BCUT2D eigenvalue weighted by Crippen LogP contribution is -2.10. The monoisotopic (exact) mass is 200 g/mol. The Morgan fingerprint density at radius 1 is 0.857 bits per heavy atom. The summed E-state index contributed by atoms with van der Waals surface area (Å²) in [7, 11) is 0. The quantitative estimate of drug-likeness (QED) is 0.529.